The van der Waals surface area contributed by atoms with Gasteiger partial charge in [-0.2, -0.15) is 0 Å². The van der Waals surface area contributed by atoms with Crippen molar-refractivity contribution in [2.45, 2.75) is 18.7 Å². The number of primary amides is 1. The van der Waals surface area contributed by atoms with Crippen LogP contribution in [0.3, 0.4) is 0 Å². The highest BCUT2D eigenvalue weighted by Crippen LogP contribution is 2.10. The van der Waals surface area contributed by atoms with Gasteiger partial charge in [-0.25, -0.2) is 0 Å². The van der Waals surface area contributed by atoms with E-state index in [0.29, 0.717) is 12.1 Å². The highest BCUT2D eigenvalue weighted by atomic mass is 35.5. The number of carbonyl (C=O) groups is 2. The van der Waals surface area contributed by atoms with Crippen LogP contribution in [0.5, 0.6) is 0 Å². The average Bonchev–Trinajstić information content (AvgIpc) is 2.30. The Kier molecular flexibility index (Phi) is 8.01. The summed E-state index contributed by atoms with van der Waals surface area (Å²) in [6.07, 6.45) is 1.09. The third-order valence-electron chi connectivity index (χ3n) is 2.03. The summed E-state index contributed by atoms with van der Waals surface area (Å²) in [5.41, 5.74) is 11.4. The molecule has 0 fully saturated rings. The summed E-state index contributed by atoms with van der Waals surface area (Å²) in [6.45, 7) is 2.30. The monoisotopic (exact) mass is 256 g/mol. The number of rotatable bonds is 4. The maximum Gasteiger partial charge on any atom is 0.204 e. The quantitative estimate of drug-likeness (QED) is 0.480. The largest absolute Gasteiger partial charge is 0.372 e. The molecular formula is C12H17ClN2O2. The van der Waals surface area contributed by atoms with Gasteiger partial charge in [0.05, 0.1) is 5.38 Å². The van der Waals surface area contributed by atoms with Gasteiger partial charge in [0.15, 0.2) is 5.78 Å². The van der Waals surface area contributed by atoms with Crippen LogP contribution >= 0.6 is 11.6 Å². The lowest BCUT2D eigenvalue weighted by Crippen LogP contribution is -2.10. The maximum atomic E-state index is 11.5. The summed E-state index contributed by atoms with van der Waals surface area (Å²) in [7, 11) is 0. The first-order chi connectivity index (χ1) is 8.06. The van der Waals surface area contributed by atoms with Gasteiger partial charge in [-0.3, -0.25) is 9.59 Å². The van der Waals surface area contributed by atoms with Crippen LogP contribution < -0.4 is 11.5 Å². The molecule has 0 saturated carbocycles. The van der Waals surface area contributed by atoms with E-state index in [1.54, 1.807) is 19.1 Å². The fourth-order valence-electron chi connectivity index (χ4n) is 1.23. The Labute approximate surface area is 106 Å². The molecule has 0 aliphatic heterocycles. The van der Waals surface area contributed by atoms with Crippen molar-refractivity contribution in [3.63, 3.8) is 0 Å². The zero-order valence-corrected chi connectivity index (χ0v) is 10.5. The van der Waals surface area contributed by atoms with E-state index in [2.05, 4.69) is 5.73 Å². The number of ketones is 1. The Hall–Kier alpha value is -1.39. The molecule has 4 N–H and O–H groups in total. The van der Waals surface area contributed by atoms with Crippen molar-refractivity contribution in [3.8, 4) is 0 Å². The lowest BCUT2D eigenvalue weighted by molar-refractivity contribution is -0.106. The molecule has 0 radical (unpaired) electrons. The number of alkyl halides is 1. The fraction of sp³-hybridized carbons (Fsp3) is 0.333. The number of carbonyl (C=O) groups excluding carboxylic acids is 2. The molecule has 17 heavy (non-hydrogen) atoms. The summed E-state index contributed by atoms with van der Waals surface area (Å²) in [5.74, 6) is -0.0361. The predicted octanol–water partition coefficient (Wildman–Crippen LogP) is 1.10. The third-order valence-corrected chi connectivity index (χ3v) is 2.23. The Morgan fingerprint density at radius 1 is 1.41 bits per heavy atom. The minimum Gasteiger partial charge on any atom is -0.372 e. The van der Waals surface area contributed by atoms with Crippen LogP contribution in [0.1, 0.15) is 22.8 Å². The molecule has 0 aliphatic carbocycles. The second kappa shape index (κ2) is 8.73. The van der Waals surface area contributed by atoms with Crippen molar-refractivity contribution >= 4 is 23.8 Å². The zero-order valence-electron chi connectivity index (χ0n) is 9.73. The van der Waals surface area contributed by atoms with E-state index in [4.69, 9.17) is 22.1 Å². The van der Waals surface area contributed by atoms with Crippen LogP contribution in [-0.4, -0.2) is 24.1 Å². The molecule has 0 saturated heterocycles. The van der Waals surface area contributed by atoms with Gasteiger partial charge in [0, 0.05) is 5.56 Å². The second-order valence-corrected chi connectivity index (χ2v) is 4.01. The van der Waals surface area contributed by atoms with E-state index in [1.165, 1.54) is 0 Å². The minimum absolute atomic E-state index is 0.0361. The van der Waals surface area contributed by atoms with Gasteiger partial charge in [-0.1, -0.05) is 24.3 Å². The Bertz CT molecular complexity index is 350. The Balaban J connectivity index is 0.000000770. The van der Waals surface area contributed by atoms with E-state index in [-0.39, 0.29) is 12.2 Å². The molecule has 1 unspecified atom stereocenters. The molecule has 5 heteroatoms. The summed E-state index contributed by atoms with van der Waals surface area (Å²) < 4.78 is 0. The fourth-order valence-corrected chi connectivity index (χ4v) is 1.36. The topological polar surface area (TPSA) is 86.2 Å². The minimum atomic E-state index is -0.463. The standard InChI is InChI=1S/C11H14ClNO.CH3NO/c1-8(12)11(14)10-4-2-9(3-5-10)6-7-13;2-1-3/h2-5,8H,6-7,13H2,1H3;1H,(H2,2,3). The van der Waals surface area contributed by atoms with E-state index in [1.807, 2.05) is 12.1 Å². The number of hydrogen-bond donors (Lipinski definition) is 2. The number of hydrogen-bond acceptors (Lipinski definition) is 3. The molecule has 1 aromatic rings. The molecule has 0 aromatic heterocycles. The lowest BCUT2D eigenvalue weighted by atomic mass is 10.1. The zero-order chi connectivity index (χ0) is 13.3. The van der Waals surface area contributed by atoms with E-state index in [0.717, 1.165) is 12.0 Å². The summed E-state index contributed by atoms with van der Waals surface area (Å²) in [6, 6.07) is 7.43. The summed E-state index contributed by atoms with van der Waals surface area (Å²) in [4.78, 5) is 20.0. The molecule has 0 spiro atoms. The molecule has 94 valence electrons. The molecule has 1 aromatic carbocycles. The molecular weight excluding hydrogens is 240 g/mol. The van der Waals surface area contributed by atoms with Crippen LogP contribution in [-0.2, 0) is 11.2 Å². The van der Waals surface area contributed by atoms with Crippen LogP contribution in [0.15, 0.2) is 24.3 Å². The number of nitrogens with two attached hydrogens (primary N) is 2. The second-order valence-electron chi connectivity index (χ2n) is 3.35. The molecule has 1 rings (SSSR count). The van der Waals surface area contributed by atoms with Gasteiger partial charge in [-0.15, -0.1) is 11.6 Å². The van der Waals surface area contributed by atoms with Crippen molar-refractivity contribution in [2.24, 2.45) is 11.5 Å². The molecule has 1 atom stereocenters. The van der Waals surface area contributed by atoms with Crippen LogP contribution in [0.4, 0.5) is 0 Å². The van der Waals surface area contributed by atoms with E-state index < -0.39 is 5.38 Å². The number of Topliss-reactive ketones (excluding diaryl/α,β-unsaturated/α-hetero) is 1. The SMILES string of the molecule is CC(Cl)C(=O)c1ccc(CCN)cc1.NC=O. The first-order valence-electron chi connectivity index (χ1n) is 5.19. The van der Waals surface area contributed by atoms with Gasteiger partial charge < -0.3 is 11.5 Å². The lowest BCUT2D eigenvalue weighted by Gasteiger charge is -2.03. The third kappa shape index (κ3) is 6.04. The highest BCUT2D eigenvalue weighted by Gasteiger charge is 2.11. The molecule has 0 bridgehead atoms. The number of amides is 1. The first-order valence-corrected chi connectivity index (χ1v) is 5.63. The molecule has 4 nitrogen and oxygen atoms in total. The molecule has 0 aliphatic rings. The summed E-state index contributed by atoms with van der Waals surface area (Å²) >= 11 is 5.69. The van der Waals surface area contributed by atoms with Gasteiger partial charge >= 0.3 is 0 Å². The van der Waals surface area contributed by atoms with Gasteiger partial charge in [-0.05, 0) is 25.5 Å². The van der Waals surface area contributed by atoms with Crippen molar-refractivity contribution in [2.75, 3.05) is 6.54 Å². The highest BCUT2D eigenvalue weighted by molar-refractivity contribution is 6.33. The Morgan fingerprint density at radius 2 is 1.88 bits per heavy atom. The van der Waals surface area contributed by atoms with Crippen LogP contribution in [0.25, 0.3) is 0 Å². The predicted molar refractivity (Wildman–Crippen MR) is 69.1 cm³/mol. The van der Waals surface area contributed by atoms with E-state index in [9.17, 15) is 4.79 Å². The van der Waals surface area contributed by atoms with Crippen molar-refractivity contribution in [1.29, 1.82) is 0 Å². The normalized spacial score (nSPS) is 11.0. The molecule has 1 amide bonds. The number of halogens is 1. The average molecular weight is 257 g/mol. The summed E-state index contributed by atoms with van der Waals surface area (Å²) in [5, 5.41) is -0.463. The van der Waals surface area contributed by atoms with Crippen molar-refractivity contribution in [1.82, 2.24) is 0 Å². The number of benzene rings is 1. The molecule has 0 heterocycles. The van der Waals surface area contributed by atoms with Crippen LogP contribution in [0, 0.1) is 0 Å². The Morgan fingerprint density at radius 3 is 2.24 bits per heavy atom. The van der Waals surface area contributed by atoms with Crippen molar-refractivity contribution < 1.29 is 9.59 Å². The van der Waals surface area contributed by atoms with Crippen molar-refractivity contribution in [3.05, 3.63) is 35.4 Å². The smallest absolute Gasteiger partial charge is 0.204 e. The first kappa shape index (κ1) is 15.6. The van der Waals surface area contributed by atoms with Gasteiger partial charge in [0.1, 0.15) is 0 Å². The van der Waals surface area contributed by atoms with Gasteiger partial charge in [0.25, 0.3) is 0 Å². The maximum absolute atomic E-state index is 11.5. The van der Waals surface area contributed by atoms with E-state index >= 15 is 0 Å². The van der Waals surface area contributed by atoms with Crippen LogP contribution in [0.2, 0.25) is 0 Å². The van der Waals surface area contributed by atoms with Gasteiger partial charge in [0.2, 0.25) is 6.41 Å².